The van der Waals surface area contributed by atoms with Gasteiger partial charge in [-0.05, 0) is 18.2 Å². The minimum absolute atomic E-state index is 0.381. The van der Waals surface area contributed by atoms with Crippen LogP contribution in [0.2, 0.25) is 0 Å². The zero-order valence-corrected chi connectivity index (χ0v) is 14.4. The molecule has 3 rings (SSSR count). The summed E-state index contributed by atoms with van der Waals surface area (Å²) in [6.07, 6.45) is 0. The van der Waals surface area contributed by atoms with E-state index in [0.717, 1.165) is 33.1 Å². The normalized spacial score (nSPS) is 15.6. The molecule has 0 aromatic heterocycles. The molecule has 0 aliphatic carbocycles. The van der Waals surface area contributed by atoms with Crippen LogP contribution in [0.25, 0.3) is 0 Å². The third-order valence-corrected chi connectivity index (χ3v) is 4.13. The van der Waals surface area contributed by atoms with Crippen LogP contribution in [-0.2, 0) is 4.79 Å². The number of hydrogen-bond acceptors (Lipinski definition) is 3. The van der Waals surface area contributed by atoms with Crippen molar-refractivity contribution >= 4 is 5.97 Å². The van der Waals surface area contributed by atoms with Gasteiger partial charge in [-0.25, -0.2) is 0 Å². The van der Waals surface area contributed by atoms with Crippen LogP contribution in [0.1, 0.15) is 24.1 Å². The molecule has 1 N–H and O–H groups in total. The highest BCUT2D eigenvalue weighted by molar-refractivity contribution is 5.62. The first-order valence-electron chi connectivity index (χ1n) is 8.30. The molecule has 0 atom stereocenters. The van der Waals surface area contributed by atoms with Gasteiger partial charge in [-0.3, -0.25) is 9.69 Å². The first kappa shape index (κ1) is 18.2. The summed E-state index contributed by atoms with van der Waals surface area (Å²) in [4.78, 5) is 14.0. The molecule has 2 aromatic carbocycles. The van der Waals surface area contributed by atoms with Crippen LogP contribution in [0.15, 0.2) is 60.7 Å². The van der Waals surface area contributed by atoms with Crippen LogP contribution in [0.4, 0.5) is 0 Å². The van der Waals surface area contributed by atoms with Crippen molar-refractivity contribution in [3.8, 4) is 0 Å². The largest absolute Gasteiger partial charge is 0.481 e. The number of benzene rings is 2. The quantitative estimate of drug-likeness (QED) is 0.941. The van der Waals surface area contributed by atoms with Crippen molar-refractivity contribution in [3.05, 3.63) is 71.8 Å². The molecule has 128 valence electrons. The molecule has 4 nitrogen and oxygen atoms in total. The first-order valence-corrected chi connectivity index (χ1v) is 8.30. The molecule has 0 bridgehead atoms. The molecule has 4 heteroatoms. The van der Waals surface area contributed by atoms with Crippen LogP contribution in [0, 0.1) is 0 Å². The maximum atomic E-state index is 9.00. The van der Waals surface area contributed by atoms with E-state index in [1.54, 1.807) is 0 Å². The molecule has 2 aromatic rings. The Kier molecular flexibility index (Phi) is 6.97. The fraction of sp³-hybridized carbons (Fsp3) is 0.350. The molecular weight excluding hydrogens is 300 g/mol. The van der Waals surface area contributed by atoms with Crippen molar-refractivity contribution in [2.75, 3.05) is 33.2 Å². The monoisotopic (exact) mass is 326 g/mol. The Morgan fingerprint density at radius 2 is 1.25 bits per heavy atom. The summed E-state index contributed by atoms with van der Waals surface area (Å²) < 4.78 is 0. The number of carboxylic acids is 1. The van der Waals surface area contributed by atoms with Gasteiger partial charge in [0.15, 0.2) is 0 Å². The molecule has 0 radical (unpaired) electrons. The van der Waals surface area contributed by atoms with E-state index in [1.807, 2.05) is 0 Å². The van der Waals surface area contributed by atoms with Gasteiger partial charge in [-0.15, -0.1) is 0 Å². The average molecular weight is 326 g/mol. The molecule has 0 unspecified atom stereocenters. The summed E-state index contributed by atoms with van der Waals surface area (Å²) >= 11 is 0. The number of carboxylic acid groups (broad SMARTS) is 1. The first-order chi connectivity index (χ1) is 11.6. The van der Waals surface area contributed by atoms with Crippen LogP contribution in [0.3, 0.4) is 0 Å². The van der Waals surface area contributed by atoms with Gasteiger partial charge in [0.2, 0.25) is 0 Å². The lowest BCUT2D eigenvalue weighted by Crippen LogP contribution is -2.46. The zero-order valence-electron chi connectivity index (χ0n) is 14.4. The molecular formula is C20H26N2O2. The van der Waals surface area contributed by atoms with Gasteiger partial charge < -0.3 is 10.0 Å². The molecule has 1 fully saturated rings. The molecule has 0 amide bonds. The second-order valence-electron chi connectivity index (χ2n) is 6.08. The number of carbonyl (C=O) groups is 1. The number of rotatable bonds is 3. The molecule has 24 heavy (non-hydrogen) atoms. The Morgan fingerprint density at radius 3 is 1.62 bits per heavy atom. The van der Waals surface area contributed by atoms with Gasteiger partial charge in [0.25, 0.3) is 5.97 Å². The van der Waals surface area contributed by atoms with Crippen molar-refractivity contribution in [3.63, 3.8) is 0 Å². The third-order valence-electron chi connectivity index (χ3n) is 4.13. The van der Waals surface area contributed by atoms with E-state index in [9.17, 15) is 0 Å². The van der Waals surface area contributed by atoms with Gasteiger partial charge in [-0.2, -0.15) is 0 Å². The van der Waals surface area contributed by atoms with Crippen LogP contribution in [-0.4, -0.2) is 54.1 Å². The minimum Gasteiger partial charge on any atom is -0.481 e. The Labute approximate surface area is 144 Å². The topological polar surface area (TPSA) is 43.8 Å². The summed E-state index contributed by atoms with van der Waals surface area (Å²) in [5.74, 6) is -0.833. The van der Waals surface area contributed by atoms with E-state index < -0.39 is 5.97 Å². The predicted octanol–water partition coefficient (Wildman–Crippen LogP) is 3.11. The highest BCUT2D eigenvalue weighted by atomic mass is 16.4. The second-order valence-corrected chi connectivity index (χ2v) is 6.08. The van der Waals surface area contributed by atoms with E-state index in [-0.39, 0.29) is 0 Å². The standard InChI is InChI=1S/C18H22N2.C2H4O2/c1-19-12-14-20(15-13-19)18(16-8-4-2-5-9-16)17-10-6-3-7-11-17;1-2(3)4/h2-11,18H,12-15H2,1H3;1H3,(H,3,4). The number of nitrogens with zero attached hydrogens (tertiary/aromatic N) is 2. The predicted molar refractivity (Wildman–Crippen MR) is 97.1 cm³/mol. The fourth-order valence-electron chi connectivity index (χ4n) is 2.96. The van der Waals surface area contributed by atoms with Gasteiger partial charge in [0, 0.05) is 33.1 Å². The van der Waals surface area contributed by atoms with Crippen molar-refractivity contribution in [1.29, 1.82) is 0 Å². The molecule has 1 heterocycles. The summed E-state index contributed by atoms with van der Waals surface area (Å²) in [6, 6.07) is 22.1. The number of likely N-dealkylation sites (N-methyl/N-ethyl adjacent to an activating group) is 1. The van der Waals surface area contributed by atoms with Crippen molar-refractivity contribution in [1.82, 2.24) is 9.80 Å². The Morgan fingerprint density at radius 1 is 0.875 bits per heavy atom. The van der Waals surface area contributed by atoms with E-state index >= 15 is 0 Å². The lowest BCUT2D eigenvalue weighted by atomic mass is 9.96. The number of hydrogen-bond donors (Lipinski definition) is 1. The second kappa shape index (κ2) is 9.21. The van der Waals surface area contributed by atoms with E-state index in [2.05, 4.69) is 77.5 Å². The molecule has 0 saturated carbocycles. The van der Waals surface area contributed by atoms with Gasteiger partial charge in [0.1, 0.15) is 0 Å². The van der Waals surface area contributed by atoms with E-state index in [0.29, 0.717) is 6.04 Å². The zero-order chi connectivity index (χ0) is 17.4. The molecule has 1 aliphatic heterocycles. The lowest BCUT2D eigenvalue weighted by Gasteiger charge is -2.38. The van der Waals surface area contributed by atoms with Crippen molar-refractivity contribution in [2.45, 2.75) is 13.0 Å². The highest BCUT2D eigenvalue weighted by Gasteiger charge is 2.24. The van der Waals surface area contributed by atoms with Crippen LogP contribution >= 0.6 is 0 Å². The molecule has 1 aliphatic rings. The maximum Gasteiger partial charge on any atom is 0.300 e. The smallest absolute Gasteiger partial charge is 0.300 e. The van der Waals surface area contributed by atoms with Crippen molar-refractivity contribution < 1.29 is 9.90 Å². The fourth-order valence-corrected chi connectivity index (χ4v) is 2.96. The van der Waals surface area contributed by atoms with Crippen LogP contribution in [0.5, 0.6) is 0 Å². The SMILES string of the molecule is CC(=O)O.CN1CCN(C(c2ccccc2)c2ccccc2)CC1. The van der Waals surface area contributed by atoms with Crippen molar-refractivity contribution in [2.24, 2.45) is 0 Å². The van der Waals surface area contributed by atoms with Gasteiger partial charge in [-0.1, -0.05) is 60.7 Å². The number of aliphatic carboxylic acids is 1. The Bertz CT molecular complexity index is 565. The van der Waals surface area contributed by atoms with Crippen LogP contribution < -0.4 is 0 Å². The average Bonchev–Trinajstić information content (AvgIpc) is 2.58. The lowest BCUT2D eigenvalue weighted by molar-refractivity contribution is -0.134. The summed E-state index contributed by atoms with van der Waals surface area (Å²) in [5.41, 5.74) is 2.78. The van der Waals surface area contributed by atoms with E-state index in [4.69, 9.17) is 9.90 Å². The highest BCUT2D eigenvalue weighted by Crippen LogP contribution is 2.29. The van der Waals surface area contributed by atoms with Gasteiger partial charge in [0.05, 0.1) is 6.04 Å². The minimum atomic E-state index is -0.833. The summed E-state index contributed by atoms with van der Waals surface area (Å²) in [6.45, 7) is 5.64. The summed E-state index contributed by atoms with van der Waals surface area (Å²) in [5, 5.41) is 7.42. The number of piperazine rings is 1. The Balaban J connectivity index is 0.000000471. The van der Waals surface area contributed by atoms with Gasteiger partial charge >= 0.3 is 0 Å². The molecule has 0 spiro atoms. The van der Waals surface area contributed by atoms with E-state index in [1.165, 1.54) is 11.1 Å². The maximum absolute atomic E-state index is 9.00. The molecule has 1 saturated heterocycles. The summed E-state index contributed by atoms with van der Waals surface area (Å²) in [7, 11) is 2.21. The Hall–Kier alpha value is -2.17. The third kappa shape index (κ3) is 5.48.